The number of methoxy groups -OCH3 is 1. The molecule has 5 heteroatoms. The molecule has 2 aliphatic rings. The van der Waals surface area contributed by atoms with Gasteiger partial charge in [-0.15, -0.1) is 0 Å². The number of para-hydroxylation sites is 1. The number of allylic oxidation sites excluding steroid dienone is 2. The maximum Gasteiger partial charge on any atom is 0.336 e. The van der Waals surface area contributed by atoms with Crippen LogP contribution in [-0.4, -0.2) is 25.5 Å². The third-order valence-corrected chi connectivity index (χ3v) is 5.18. The van der Waals surface area contributed by atoms with Gasteiger partial charge in [-0.05, 0) is 19.9 Å². The Kier molecular flexibility index (Phi) is 4.51. The van der Waals surface area contributed by atoms with Gasteiger partial charge in [0.1, 0.15) is 5.75 Å². The SMILES string of the molecule is CCOc1ccccc1C1C(C(=O)OC)=C(C)NC2=C1C(=O)c1ccccc12. The van der Waals surface area contributed by atoms with Gasteiger partial charge in [-0.25, -0.2) is 4.79 Å². The fraction of sp³-hybridized carbons (Fsp3) is 0.217. The van der Waals surface area contributed by atoms with Crippen LogP contribution in [0, 0.1) is 0 Å². The molecule has 0 aromatic heterocycles. The second kappa shape index (κ2) is 7.00. The van der Waals surface area contributed by atoms with Gasteiger partial charge >= 0.3 is 5.97 Å². The van der Waals surface area contributed by atoms with E-state index in [2.05, 4.69) is 5.32 Å². The zero-order valence-electron chi connectivity index (χ0n) is 16.0. The molecule has 1 aliphatic heterocycles. The summed E-state index contributed by atoms with van der Waals surface area (Å²) < 4.78 is 10.9. The molecule has 1 heterocycles. The van der Waals surface area contributed by atoms with Crippen molar-refractivity contribution in [3.63, 3.8) is 0 Å². The van der Waals surface area contributed by atoms with Crippen molar-refractivity contribution in [1.29, 1.82) is 0 Å². The minimum atomic E-state index is -0.564. The van der Waals surface area contributed by atoms with Crippen LogP contribution in [0.2, 0.25) is 0 Å². The first-order valence-corrected chi connectivity index (χ1v) is 9.24. The molecule has 1 N–H and O–H groups in total. The van der Waals surface area contributed by atoms with Crippen LogP contribution in [0.1, 0.15) is 41.3 Å². The number of hydrogen-bond donors (Lipinski definition) is 1. The van der Waals surface area contributed by atoms with Crippen molar-refractivity contribution >= 4 is 17.4 Å². The maximum absolute atomic E-state index is 13.3. The Bertz CT molecular complexity index is 1050. The van der Waals surface area contributed by atoms with Crippen LogP contribution in [0.5, 0.6) is 5.75 Å². The maximum atomic E-state index is 13.3. The summed E-state index contributed by atoms with van der Waals surface area (Å²) in [6.45, 7) is 4.22. The van der Waals surface area contributed by atoms with Crippen molar-refractivity contribution in [2.45, 2.75) is 19.8 Å². The lowest BCUT2D eigenvalue weighted by molar-refractivity contribution is -0.136. The summed E-state index contributed by atoms with van der Waals surface area (Å²) in [7, 11) is 1.35. The highest BCUT2D eigenvalue weighted by molar-refractivity contribution is 6.23. The molecule has 0 fully saturated rings. The molecule has 1 aliphatic carbocycles. The fourth-order valence-electron chi connectivity index (χ4n) is 4.03. The first-order chi connectivity index (χ1) is 13.6. The number of dihydropyridines is 1. The summed E-state index contributed by atoms with van der Waals surface area (Å²) >= 11 is 0. The van der Waals surface area contributed by atoms with E-state index in [9.17, 15) is 9.59 Å². The number of esters is 1. The third kappa shape index (κ3) is 2.62. The average molecular weight is 375 g/mol. The van der Waals surface area contributed by atoms with Gasteiger partial charge in [0.2, 0.25) is 0 Å². The van der Waals surface area contributed by atoms with Crippen LogP contribution in [0.15, 0.2) is 65.4 Å². The Balaban J connectivity index is 1.97. The van der Waals surface area contributed by atoms with Crippen molar-refractivity contribution in [2.75, 3.05) is 13.7 Å². The van der Waals surface area contributed by atoms with E-state index in [1.165, 1.54) is 7.11 Å². The first-order valence-electron chi connectivity index (χ1n) is 9.24. The van der Waals surface area contributed by atoms with Gasteiger partial charge in [-0.2, -0.15) is 0 Å². The monoisotopic (exact) mass is 375 g/mol. The van der Waals surface area contributed by atoms with E-state index in [4.69, 9.17) is 9.47 Å². The summed E-state index contributed by atoms with van der Waals surface area (Å²) in [6.07, 6.45) is 0. The van der Waals surface area contributed by atoms with Crippen molar-refractivity contribution in [2.24, 2.45) is 0 Å². The van der Waals surface area contributed by atoms with E-state index in [0.29, 0.717) is 34.8 Å². The summed E-state index contributed by atoms with van der Waals surface area (Å²) in [5, 5.41) is 3.28. The van der Waals surface area contributed by atoms with E-state index in [1.54, 1.807) is 0 Å². The minimum Gasteiger partial charge on any atom is -0.494 e. The molecule has 0 saturated carbocycles. The quantitative estimate of drug-likeness (QED) is 0.823. The van der Waals surface area contributed by atoms with Gasteiger partial charge in [0, 0.05) is 28.0 Å². The third-order valence-electron chi connectivity index (χ3n) is 5.18. The Hall–Kier alpha value is -3.34. The molecule has 4 rings (SSSR count). The molecule has 0 bridgehead atoms. The second-order valence-corrected chi connectivity index (χ2v) is 6.72. The summed E-state index contributed by atoms with van der Waals surface area (Å²) in [5.41, 5.74) is 4.67. The lowest BCUT2D eigenvalue weighted by Gasteiger charge is -2.30. The van der Waals surface area contributed by atoms with Gasteiger partial charge in [-0.1, -0.05) is 42.5 Å². The topological polar surface area (TPSA) is 64.6 Å². The van der Waals surface area contributed by atoms with Gasteiger partial charge in [-0.3, -0.25) is 4.79 Å². The normalized spacial score (nSPS) is 17.8. The molecule has 0 radical (unpaired) electrons. The zero-order valence-corrected chi connectivity index (χ0v) is 16.0. The van der Waals surface area contributed by atoms with Gasteiger partial charge in [0.15, 0.2) is 5.78 Å². The molecule has 2 aromatic carbocycles. The number of ether oxygens (including phenoxy) is 2. The highest BCUT2D eigenvalue weighted by atomic mass is 16.5. The van der Waals surface area contributed by atoms with Gasteiger partial charge < -0.3 is 14.8 Å². The summed E-state index contributed by atoms with van der Waals surface area (Å²) in [6, 6.07) is 15.0. The van der Waals surface area contributed by atoms with Crippen LogP contribution in [0.3, 0.4) is 0 Å². The number of benzene rings is 2. The molecule has 1 atom stereocenters. The van der Waals surface area contributed by atoms with E-state index < -0.39 is 11.9 Å². The first kappa shape index (κ1) is 18.0. The smallest absolute Gasteiger partial charge is 0.336 e. The largest absolute Gasteiger partial charge is 0.494 e. The minimum absolute atomic E-state index is 0.0803. The zero-order chi connectivity index (χ0) is 19.8. The van der Waals surface area contributed by atoms with Crippen molar-refractivity contribution in [3.05, 3.63) is 82.1 Å². The van der Waals surface area contributed by atoms with Crippen LogP contribution < -0.4 is 10.1 Å². The Morgan fingerprint density at radius 1 is 1.07 bits per heavy atom. The fourth-order valence-corrected chi connectivity index (χ4v) is 4.03. The molecule has 142 valence electrons. The Labute approximate surface area is 163 Å². The molecule has 0 saturated heterocycles. The number of rotatable bonds is 4. The molecular weight excluding hydrogens is 354 g/mol. The number of Topliss-reactive ketones (excluding diaryl/α,β-unsaturated/α-hetero) is 1. The average Bonchev–Trinajstić information content (AvgIpc) is 2.99. The van der Waals surface area contributed by atoms with E-state index >= 15 is 0 Å². The van der Waals surface area contributed by atoms with E-state index in [1.807, 2.05) is 62.4 Å². The lowest BCUT2D eigenvalue weighted by atomic mass is 9.79. The van der Waals surface area contributed by atoms with Crippen molar-refractivity contribution in [3.8, 4) is 5.75 Å². The van der Waals surface area contributed by atoms with Crippen molar-refractivity contribution in [1.82, 2.24) is 5.32 Å². The van der Waals surface area contributed by atoms with Crippen LogP contribution in [-0.2, 0) is 9.53 Å². The van der Waals surface area contributed by atoms with Gasteiger partial charge in [0.25, 0.3) is 0 Å². The van der Waals surface area contributed by atoms with E-state index in [0.717, 1.165) is 16.8 Å². The number of fused-ring (bicyclic) bond motifs is 2. The predicted octanol–water partition coefficient (Wildman–Crippen LogP) is 3.83. The molecule has 0 spiro atoms. The molecule has 5 nitrogen and oxygen atoms in total. The predicted molar refractivity (Wildman–Crippen MR) is 106 cm³/mol. The molecule has 28 heavy (non-hydrogen) atoms. The number of carbonyl (C=O) groups is 2. The lowest BCUT2D eigenvalue weighted by Crippen LogP contribution is -2.29. The summed E-state index contributed by atoms with van der Waals surface area (Å²) in [4.78, 5) is 26.0. The second-order valence-electron chi connectivity index (χ2n) is 6.72. The van der Waals surface area contributed by atoms with Gasteiger partial charge in [0.05, 0.1) is 30.9 Å². The van der Waals surface area contributed by atoms with Crippen LogP contribution in [0.4, 0.5) is 0 Å². The number of hydrogen-bond acceptors (Lipinski definition) is 5. The van der Waals surface area contributed by atoms with Crippen molar-refractivity contribution < 1.29 is 19.1 Å². The molecule has 2 aromatic rings. The number of carbonyl (C=O) groups excluding carboxylic acids is 2. The molecule has 1 unspecified atom stereocenters. The number of nitrogens with one attached hydrogen (secondary N) is 1. The Morgan fingerprint density at radius 3 is 2.46 bits per heavy atom. The van der Waals surface area contributed by atoms with Crippen LogP contribution >= 0.6 is 0 Å². The number of ketones is 1. The Morgan fingerprint density at radius 2 is 1.75 bits per heavy atom. The molecule has 0 amide bonds. The molecular formula is C23H21NO4. The summed E-state index contributed by atoms with van der Waals surface area (Å²) in [5.74, 6) is -0.451. The van der Waals surface area contributed by atoms with Crippen LogP contribution in [0.25, 0.3) is 5.70 Å². The van der Waals surface area contributed by atoms with E-state index in [-0.39, 0.29) is 5.78 Å². The highest BCUT2D eigenvalue weighted by Gasteiger charge is 2.43. The standard InChI is InChI=1S/C23H21NO4/c1-4-28-17-12-8-7-11-16(17)19-18(23(26)27-3)13(2)24-21-14-9-5-6-10-15(14)22(25)20(19)21/h5-12,19,24H,4H2,1-3H3. The highest BCUT2D eigenvalue weighted by Crippen LogP contribution is 2.48.